The third kappa shape index (κ3) is 8.41. The highest BCUT2D eigenvalue weighted by molar-refractivity contribution is 7.18. The standard InChI is InChI=1S/2C23H23NO3S/c2*1-23(11-3-2-4-12-23)18-13-17(9-10-19(18)25)20-14-24-21(28-20)15-5-7-16(8-6-15)22(26)27/h2*5-10,13-14,25H,2-4,11-12H2,1H3,(H,26,27). The summed E-state index contributed by atoms with van der Waals surface area (Å²) in [6, 6.07) is 25.3. The molecular formula is C46H46N2O6S2. The molecule has 0 amide bonds. The van der Waals surface area contributed by atoms with Gasteiger partial charge in [-0.1, -0.05) is 76.6 Å². The predicted molar refractivity (Wildman–Crippen MR) is 224 cm³/mol. The molecule has 0 unspecified atom stereocenters. The summed E-state index contributed by atoms with van der Waals surface area (Å²) >= 11 is 3.15. The number of aromatic carboxylic acids is 2. The van der Waals surface area contributed by atoms with Gasteiger partial charge in [0.2, 0.25) is 0 Å². The second kappa shape index (κ2) is 16.4. The van der Waals surface area contributed by atoms with Crippen LogP contribution in [0.15, 0.2) is 97.3 Å². The summed E-state index contributed by atoms with van der Waals surface area (Å²) in [5.74, 6) is -1.11. The predicted octanol–water partition coefficient (Wildman–Crippen LogP) is 12.2. The zero-order valence-electron chi connectivity index (χ0n) is 31.6. The molecule has 4 aromatic carbocycles. The molecule has 8 nitrogen and oxygen atoms in total. The fourth-order valence-corrected chi connectivity index (χ4v) is 9.98. The quantitative estimate of drug-likeness (QED) is 0.119. The van der Waals surface area contributed by atoms with E-state index in [9.17, 15) is 19.8 Å². The van der Waals surface area contributed by atoms with Crippen LogP contribution in [0.25, 0.3) is 42.0 Å². The van der Waals surface area contributed by atoms with Crippen molar-refractivity contribution < 1.29 is 30.0 Å². The Hall–Kier alpha value is -5.32. The van der Waals surface area contributed by atoms with Crippen molar-refractivity contribution in [3.05, 3.63) is 120 Å². The lowest BCUT2D eigenvalue weighted by Gasteiger charge is -2.34. The first-order chi connectivity index (χ1) is 26.9. The van der Waals surface area contributed by atoms with Crippen LogP contribution in [0.5, 0.6) is 11.5 Å². The third-order valence-electron chi connectivity index (χ3n) is 11.5. The first kappa shape index (κ1) is 38.9. The van der Waals surface area contributed by atoms with E-state index >= 15 is 0 Å². The highest BCUT2D eigenvalue weighted by atomic mass is 32.1. The molecule has 0 aliphatic heterocycles. The summed E-state index contributed by atoms with van der Waals surface area (Å²) in [6.07, 6.45) is 15.5. The monoisotopic (exact) mass is 786 g/mol. The van der Waals surface area contributed by atoms with Gasteiger partial charge in [-0.05, 0) is 108 Å². The number of hydrogen-bond acceptors (Lipinski definition) is 8. The molecular weight excluding hydrogens is 741 g/mol. The van der Waals surface area contributed by atoms with E-state index in [0.29, 0.717) is 11.5 Å². The normalized spacial score (nSPS) is 16.0. The molecule has 56 heavy (non-hydrogen) atoms. The summed E-state index contributed by atoms with van der Waals surface area (Å²) < 4.78 is 0. The van der Waals surface area contributed by atoms with Crippen LogP contribution < -0.4 is 0 Å². The van der Waals surface area contributed by atoms with Gasteiger partial charge in [0, 0.05) is 34.6 Å². The number of thiazole rings is 2. The Bertz CT molecular complexity index is 2170. The van der Waals surface area contributed by atoms with Crippen LogP contribution in [0, 0.1) is 0 Å². The largest absolute Gasteiger partial charge is 0.508 e. The summed E-state index contributed by atoms with van der Waals surface area (Å²) in [5.41, 5.74) is 6.58. The van der Waals surface area contributed by atoms with Gasteiger partial charge in [-0.2, -0.15) is 0 Å². The number of rotatable bonds is 8. The molecule has 0 bridgehead atoms. The Kier molecular flexibility index (Phi) is 11.4. The molecule has 0 spiro atoms. The Morgan fingerprint density at radius 1 is 0.518 bits per heavy atom. The number of nitrogens with zero attached hydrogens (tertiary/aromatic N) is 2. The van der Waals surface area contributed by atoms with Crippen molar-refractivity contribution >= 4 is 34.6 Å². The summed E-state index contributed by atoms with van der Waals surface area (Å²) in [5, 5.41) is 40.8. The molecule has 6 aromatic rings. The van der Waals surface area contributed by atoms with Gasteiger partial charge in [0.25, 0.3) is 0 Å². The minimum atomic E-state index is -0.931. The molecule has 2 heterocycles. The zero-order valence-corrected chi connectivity index (χ0v) is 33.3. The minimum Gasteiger partial charge on any atom is -0.508 e. The fraction of sp³-hybridized carbons (Fsp3) is 0.304. The maximum Gasteiger partial charge on any atom is 0.335 e. The number of aromatic hydroxyl groups is 2. The van der Waals surface area contributed by atoms with E-state index in [0.717, 1.165) is 78.8 Å². The van der Waals surface area contributed by atoms with Crippen LogP contribution in [0.3, 0.4) is 0 Å². The molecule has 2 fully saturated rings. The van der Waals surface area contributed by atoms with Crippen LogP contribution >= 0.6 is 22.7 Å². The van der Waals surface area contributed by atoms with E-state index in [1.54, 1.807) is 83.3 Å². The molecule has 2 saturated carbocycles. The Morgan fingerprint density at radius 2 is 0.857 bits per heavy atom. The van der Waals surface area contributed by atoms with Crippen molar-refractivity contribution in [1.29, 1.82) is 0 Å². The molecule has 0 saturated heterocycles. The van der Waals surface area contributed by atoms with Crippen LogP contribution in [-0.4, -0.2) is 42.3 Å². The molecule has 10 heteroatoms. The third-order valence-corrected chi connectivity index (χ3v) is 13.7. The van der Waals surface area contributed by atoms with Gasteiger partial charge in [-0.25, -0.2) is 19.6 Å². The molecule has 2 aliphatic carbocycles. The van der Waals surface area contributed by atoms with Crippen LogP contribution in [-0.2, 0) is 10.8 Å². The van der Waals surface area contributed by atoms with E-state index in [2.05, 4.69) is 35.9 Å². The minimum absolute atomic E-state index is 0.0263. The average Bonchev–Trinajstić information content (AvgIpc) is 3.91. The Labute approximate surface area is 335 Å². The number of carbonyl (C=O) groups is 2. The number of carboxylic acids is 2. The number of phenolic OH excluding ortho intramolecular Hbond substituents is 2. The van der Waals surface area contributed by atoms with Crippen molar-refractivity contribution in [3.8, 4) is 53.5 Å². The molecule has 288 valence electrons. The van der Waals surface area contributed by atoms with E-state index in [4.69, 9.17) is 10.2 Å². The smallest absolute Gasteiger partial charge is 0.335 e. The first-order valence-electron chi connectivity index (χ1n) is 19.2. The topological polar surface area (TPSA) is 141 Å². The number of phenols is 2. The van der Waals surface area contributed by atoms with Gasteiger partial charge < -0.3 is 20.4 Å². The van der Waals surface area contributed by atoms with E-state index < -0.39 is 11.9 Å². The molecule has 0 radical (unpaired) electrons. The molecule has 8 rings (SSSR count). The fourth-order valence-electron chi connectivity index (χ4n) is 8.14. The van der Waals surface area contributed by atoms with Crippen LogP contribution in [0.2, 0.25) is 0 Å². The van der Waals surface area contributed by atoms with Gasteiger partial charge in [0.1, 0.15) is 21.5 Å². The van der Waals surface area contributed by atoms with Crippen LogP contribution in [0.4, 0.5) is 0 Å². The highest BCUT2D eigenvalue weighted by Gasteiger charge is 2.32. The molecule has 2 aliphatic rings. The first-order valence-corrected chi connectivity index (χ1v) is 20.8. The van der Waals surface area contributed by atoms with Gasteiger partial charge in [0.15, 0.2) is 0 Å². The van der Waals surface area contributed by atoms with Crippen molar-refractivity contribution in [3.63, 3.8) is 0 Å². The molecule has 4 N–H and O–H groups in total. The second-order valence-electron chi connectivity index (χ2n) is 15.5. The number of benzene rings is 4. The van der Waals surface area contributed by atoms with Crippen molar-refractivity contribution in [2.75, 3.05) is 0 Å². The lowest BCUT2D eigenvalue weighted by molar-refractivity contribution is 0.0686. The highest BCUT2D eigenvalue weighted by Crippen LogP contribution is 2.46. The average molecular weight is 787 g/mol. The van der Waals surface area contributed by atoms with Gasteiger partial charge >= 0.3 is 11.9 Å². The second-order valence-corrected chi connectivity index (χ2v) is 17.6. The summed E-state index contributed by atoms with van der Waals surface area (Å²) in [4.78, 5) is 33.2. The summed E-state index contributed by atoms with van der Waals surface area (Å²) in [7, 11) is 0. The van der Waals surface area contributed by atoms with Crippen LogP contribution in [0.1, 0.15) is 110 Å². The molecule has 2 aromatic heterocycles. The maximum atomic E-state index is 11.0. The SMILES string of the molecule is CC1(c2cc(-c3cnc(-c4ccc(C(=O)O)cc4)s3)ccc2O)CCCCC1.CC1(c2cc(-c3cnc(-c4ccc(C(=O)O)cc4)s3)ccc2O)CCCCC1. The number of hydrogen-bond donors (Lipinski definition) is 4. The van der Waals surface area contributed by atoms with Gasteiger partial charge in [-0.15, -0.1) is 22.7 Å². The maximum absolute atomic E-state index is 11.0. The number of carboxylic acid groups (broad SMARTS) is 2. The van der Waals surface area contributed by atoms with E-state index in [-0.39, 0.29) is 22.0 Å². The lowest BCUT2D eigenvalue weighted by atomic mass is 9.70. The number of aromatic nitrogens is 2. The van der Waals surface area contributed by atoms with Gasteiger partial charge in [0.05, 0.1) is 20.9 Å². The molecule has 0 atom stereocenters. The van der Waals surface area contributed by atoms with E-state index in [1.165, 1.54) is 38.5 Å². The zero-order chi connectivity index (χ0) is 39.5. The lowest BCUT2D eigenvalue weighted by Crippen LogP contribution is -2.25. The van der Waals surface area contributed by atoms with E-state index in [1.807, 2.05) is 24.5 Å². The van der Waals surface area contributed by atoms with Gasteiger partial charge in [-0.3, -0.25) is 0 Å². The van der Waals surface area contributed by atoms with Crippen molar-refractivity contribution in [2.24, 2.45) is 0 Å². The van der Waals surface area contributed by atoms with Crippen molar-refractivity contribution in [1.82, 2.24) is 9.97 Å². The van der Waals surface area contributed by atoms with Crippen molar-refractivity contribution in [2.45, 2.75) is 88.9 Å². The Morgan fingerprint density at radius 3 is 1.20 bits per heavy atom. The Balaban J connectivity index is 0.000000172. The summed E-state index contributed by atoms with van der Waals surface area (Å²) in [6.45, 7) is 4.51.